The molecule has 3 aromatic rings. The summed E-state index contributed by atoms with van der Waals surface area (Å²) in [5.41, 5.74) is 1.83. The van der Waals surface area contributed by atoms with Crippen LogP contribution in [0.3, 0.4) is 0 Å². The van der Waals surface area contributed by atoms with Gasteiger partial charge in [-0.25, -0.2) is 9.97 Å². The van der Waals surface area contributed by atoms with Crippen LogP contribution in [0.25, 0.3) is 22.8 Å². The van der Waals surface area contributed by atoms with Crippen LogP contribution in [-0.2, 0) is 0 Å². The van der Waals surface area contributed by atoms with Crippen LogP contribution in [0.4, 0.5) is 5.82 Å². The fourth-order valence-electron chi connectivity index (χ4n) is 3.53. The molecule has 1 aromatic carbocycles. The van der Waals surface area contributed by atoms with E-state index in [-0.39, 0.29) is 0 Å². The van der Waals surface area contributed by atoms with Gasteiger partial charge in [-0.2, -0.15) is 5.10 Å². The molecule has 1 saturated heterocycles. The summed E-state index contributed by atoms with van der Waals surface area (Å²) in [6, 6.07) is 11.7. The molecule has 7 heteroatoms. The lowest BCUT2D eigenvalue weighted by atomic mass is 10.2. The van der Waals surface area contributed by atoms with E-state index in [9.17, 15) is 0 Å². The summed E-state index contributed by atoms with van der Waals surface area (Å²) in [6.07, 6.45) is 5.56. The van der Waals surface area contributed by atoms with E-state index in [0.29, 0.717) is 11.6 Å². The number of rotatable bonds is 8. The number of hydrogen-bond acceptors (Lipinski definition) is 6. The Morgan fingerprint density at radius 3 is 2.93 bits per heavy atom. The first-order valence-electron chi connectivity index (χ1n) is 9.82. The molecule has 1 aliphatic rings. The maximum absolute atomic E-state index is 5.29. The van der Waals surface area contributed by atoms with Crippen molar-refractivity contribution in [3.63, 3.8) is 0 Å². The molecule has 0 amide bonds. The number of nitrogens with one attached hydrogen (secondary N) is 2. The first-order chi connectivity index (χ1) is 13.8. The van der Waals surface area contributed by atoms with Crippen molar-refractivity contribution in [1.82, 2.24) is 25.1 Å². The standard InChI is InChI=1S/C21H26N6O/c1-28-17-8-4-7-16(15-17)19-24-21(26-25-19)18-9-5-10-22-20(18)23-11-6-14-27-12-2-3-13-27/h4-5,7-10,15H,2-3,6,11-14H2,1H3,(H,22,23)(H,24,25,26). The minimum absolute atomic E-state index is 0.637. The highest BCUT2D eigenvalue weighted by molar-refractivity contribution is 5.71. The van der Waals surface area contributed by atoms with E-state index >= 15 is 0 Å². The van der Waals surface area contributed by atoms with Crippen molar-refractivity contribution >= 4 is 5.82 Å². The number of anilines is 1. The minimum Gasteiger partial charge on any atom is -0.497 e. The summed E-state index contributed by atoms with van der Waals surface area (Å²) < 4.78 is 5.29. The second-order valence-corrected chi connectivity index (χ2v) is 6.97. The lowest BCUT2D eigenvalue weighted by Crippen LogP contribution is -2.22. The van der Waals surface area contributed by atoms with Crippen LogP contribution >= 0.6 is 0 Å². The zero-order valence-electron chi connectivity index (χ0n) is 16.2. The molecule has 2 aromatic heterocycles. The fourth-order valence-corrected chi connectivity index (χ4v) is 3.53. The highest BCUT2D eigenvalue weighted by Gasteiger charge is 2.13. The highest BCUT2D eigenvalue weighted by atomic mass is 16.5. The van der Waals surface area contributed by atoms with E-state index in [1.807, 2.05) is 36.4 Å². The zero-order valence-corrected chi connectivity index (χ0v) is 16.2. The van der Waals surface area contributed by atoms with Crippen molar-refractivity contribution in [2.75, 3.05) is 38.6 Å². The molecule has 7 nitrogen and oxygen atoms in total. The van der Waals surface area contributed by atoms with Gasteiger partial charge in [0.2, 0.25) is 0 Å². The number of likely N-dealkylation sites (tertiary alicyclic amines) is 1. The molecule has 0 bridgehead atoms. The molecule has 0 unspecified atom stereocenters. The molecule has 0 atom stereocenters. The van der Waals surface area contributed by atoms with Gasteiger partial charge in [-0.05, 0) is 63.2 Å². The third-order valence-corrected chi connectivity index (χ3v) is 5.02. The van der Waals surface area contributed by atoms with E-state index in [1.54, 1.807) is 13.3 Å². The monoisotopic (exact) mass is 378 g/mol. The third kappa shape index (κ3) is 4.31. The number of ether oxygens (including phenoxy) is 1. The molecule has 2 N–H and O–H groups in total. The van der Waals surface area contributed by atoms with Crippen LogP contribution in [-0.4, -0.2) is 58.4 Å². The molecule has 4 rings (SSSR count). The van der Waals surface area contributed by atoms with Crippen LogP contribution < -0.4 is 10.1 Å². The van der Waals surface area contributed by atoms with Crippen molar-refractivity contribution in [2.45, 2.75) is 19.3 Å². The molecule has 28 heavy (non-hydrogen) atoms. The number of aromatic amines is 1. The van der Waals surface area contributed by atoms with E-state index in [0.717, 1.165) is 42.2 Å². The predicted molar refractivity (Wildman–Crippen MR) is 110 cm³/mol. The van der Waals surface area contributed by atoms with E-state index in [2.05, 4.69) is 30.4 Å². The smallest absolute Gasteiger partial charge is 0.181 e. The Labute approximate surface area is 165 Å². The van der Waals surface area contributed by atoms with Gasteiger partial charge in [-0.3, -0.25) is 5.10 Å². The van der Waals surface area contributed by atoms with E-state index < -0.39 is 0 Å². The van der Waals surface area contributed by atoms with Gasteiger partial charge in [0.1, 0.15) is 11.6 Å². The first kappa shape index (κ1) is 18.4. The second-order valence-electron chi connectivity index (χ2n) is 6.97. The van der Waals surface area contributed by atoms with Crippen molar-refractivity contribution in [1.29, 1.82) is 0 Å². The second kappa shape index (κ2) is 8.84. The molecule has 0 saturated carbocycles. The molecule has 0 aliphatic carbocycles. The van der Waals surface area contributed by atoms with Gasteiger partial charge >= 0.3 is 0 Å². The summed E-state index contributed by atoms with van der Waals surface area (Å²) >= 11 is 0. The predicted octanol–water partition coefficient (Wildman–Crippen LogP) is 3.44. The van der Waals surface area contributed by atoms with Crippen LogP contribution in [0.1, 0.15) is 19.3 Å². The SMILES string of the molecule is COc1cccc(-c2n[nH]c(-c3cccnc3NCCCN3CCCC3)n2)c1. The Kier molecular flexibility index (Phi) is 5.82. The van der Waals surface area contributed by atoms with Gasteiger partial charge in [-0.15, -0.1) is 0 Å². The minimum atomic E-state index is 0.637. The van der Waals surface area contributed by atoms with Crippen LogP contribution in [0, 0.1) is 0 Å². The Morgan fingerprint density at radius 2 is 2.07 bits per heavy atom. The molecule has 3 heterocycles. The number of pyridine rings is 1. The summed E-state index contributed by atoms with van der Waals surface area (Å²) in [6.45, 7) is 4.49. The number of methoxy groups -OCH3 is 1. The number of H-pyrrole nitrogens is 1. The van der Waals surface area contributed by atoms with E-state index in [1.165, 1.54) is 25.9 Å². The highest BCUT2D eigenvalue weighted by Crippen LogP contribution is 2.26. The normalized spacial score (nSPS) is 14.3. The quantitative estimate of drug-likeness (QED) is 0.585. The molecular formula is C21H26N6O. The van der Waals surface area contributed by atoms with E-state index in [4.69, 9.17) is 4.74 Å². The summed E-state index contributed by atoms with van der Waals surface area (Å²) in [7, 11) is 1.65. The maximum atomic E-state index is 5.29. The Bertz CT molecular complexity index is 903. The Morgan fingerprint density at radius 1 is 1.18 bits per heavy atom. The molecular weight excluding hydrogens is 352 g/mol. The van der Waals surface area contributed by atoms with Crippen molar-refractivity contribution in [3.05, 3.63) is 42.6 Å². The molecule has 0 radical (unpaired) electrons. The topological polar surface area (TPSA) is 79.0 Å². The van der Waals surface area contributed by atoms with Gasteiger partial charge in [0, 0.05) is 18.3 Å². The first-order valence-corrected chi connectivity index (χ1v) is 9.82. The van der Waals surface area contributed by atoms with Crippen LogP contribution in [0.5, 0.6) is 5.75 Å². The Hall–Kier alpha value is -2.93. The third-order valence-electron chi connectivity index (χ3n) is 5.02. The van der Waals surface area contributed by atoms with Gasteiger partial charge in [0.15, 0.2) is 11.6 Å². The average Bonchev–Trinajstić information content (AvgIpc) is 3.44. The lowest BCUT2D eigenvalue weighted by molar-refractivity contribution is 0.337. The largest absolute Gasteiger partial charge is 0.497 e. The maximum Gasteiger partial charge on any atom is 0.181 e. The average molecular weight is 378 g/mol. The number of benzene rings is 1. The van der Waals surface area contributed by atoms with Gasteiger partial charge in [0.25, 0.3) is 0 Å². The summed E-state index contributed by atoms with van der Waals surface area (Å²) in [5.74, 6) is 2.95. The van der Waals surface area contributed by atoms with Crippen molar-refractivity contribution in [2.24, 2.45) is 0 Å². The number of nitrogens with zero attached hydrogens (tertiary/aromatic N) is 4. The molecule has 1 aliphatic heterocycles. The van der Waals surface area contributed by atoms with Crippen molar-refractivity contribution in [3.8, 4) is 28.5 Å². The Balaban J connectivity index is 1.45. The number of aromatic nitrogens is 4. The molecule has 1 fully saturated rings. The summed E-state index contributed by atoms with van der Waals surface area (Å²) in [5, 5.41) is 10.9. The lowest BCUT2D eigenvalue weighted by Gasteiger charge is -2.15. The van der Waals surface area contributed by atoms with Gasteiger partial charge in [0.05, 0.1) is 12.7 Å². The summed E-state index contributed by atoms with van der Waals surface area (Å²) in [4.78, 5) is 11.7. The molecule has 146 valence electrons. The van der Waals surface area contributed by atoms with Crippen molar-refractivity contribution < 1.29 is 4.74 Å². The fraction of sp³-hybridized carbons (Fsp3) is 0.381. The van der Waals surface area contributed by atoms with Gasteiger partial charge < -0.3 is 15.0 Å². The number of hydrogen-bond donors (Lipinski definition) is 2. The zero-order chi connectivity index (χ0) is 19.2. The molecule has 0 spiro atoms. The van der Waals surface area contributed by atoms with Crippen LogP contribution in [0.15, 0.2) is 42.6 Å². The van der Waals surface area contributed by atoms with Crippen LogP contribution in [0.2, 0.25) is 0 Å². The van der Waals surface area contributed by atoms with Gasteiger partial charge in [-0.1, -0.05) is 12.1 Å².